The van der Waals surface area contributed by atoms with Crippen molar-refractivity contribution in [1.29, 1.82) is 0 Å². The quantitative estimate of drug-likeness (QED) is 0.790. The van der Waals surface area contributed by atoms with E-state index in [0.29, 0.717) is 27.4 Å². The van der Waals surface area contributed by atoms with Gasteiger partial charge in [-0.3, -0.25) is 4.98 Å². The lowest BCUT2D eigenvalue weighted by Crippen LogP contribution is -1.93. The number of hydrogen-bond acceptors (Lipinski definition) is 3. The van der Waals surface area contributed by atoms with Crippen LogP contribution >= 0.6 is 34.8 Å². The van der Waals surface area contributed by atoms with E-state index in [0.717, 1.165) is 0 Å². The Hall–Kier alpha value is -1.03. The highest BCUT2D eigenvalue weighted by Gasteiger charge is 2.03. The van der Waals surface area contributed by atoms with Crippen LogP contribution in [0.1, 0.15) is 5.69 Å². The van der Waals surface area contributed by atoms with Crippen molar-refractivity contribution in [2.24, 2.45) is 0 Å². The standard InChI is InChI=1S/C11H7Cl3N2O/c12-4-9-5-15-6-11(16-9)17-10-2-7(13)1-8(14)3-10/h1-3,5-6H,4H2. The molecule has 0 atom stereocenters. The molecule has 2 rings (SSSR count). The molecule has 1 aromatic carbocycles. The van der Waals surface area contributed by atoms with Gasteiger partial charge < -0.3 is 4.74 Å². The zero-order valence-electron chi connectivity index (χ0n) is 8.53. The van der Waals surface area contributed by atoms with Gasteiger partial charge in [0.15, 0.2) is 0 Å². The van der Waals surface area contributed by atoms with Gasteiger partial charge in [0, 0.05) is 16.2 Å². The fraction of sp³-hybridized carbons (Fsp3) is 0.0909. The van der Waals surface area contributed by atoms with Crippen LogP contribution < -0.4 is 4.74 Å². The molecule has 0 saturated heterocycles. The summed E-state index contributed by atoms with van der Waals surface area (Å²) in [6.07, 6.45) is 3.07. The van der Waals surface area contributed by atoms with E-state index in [1.54, 1.807) is 24.4 Å². The van der Waals surface area contributed by atoms with Crippen LogP contribution in [0.3, 0.4) is 0 Å². The summed E-state index contributed by atoms with van der Waals surface area (Å²) in [5, 5.41) is 0.989. The fourth-order valence-corrected chi connectivity index (χ4v) is 1.84. The molecule has 3 nitrogen and oxygen atoms in total. The number of hydrogen-bond donors (Lipinski definition) is 0. The number of alkyl halides is 1. The monoisotopic (exact) mass is 288 g/mol. The first-order valence-electron chi connectivity index (χ1n) is 4.68. The van der Waals surface area contributed by atoms with Crippen molar-refractivity contribution in [2.75, 3.05) is 0 Å². The smallest absolute Gasteiger partial charge is 0.238 e. The van der Waals surface area contributed by atoms with Gasteiger partial charge in [-0.25, -0.2) is 4.98 Å². The normalized spacial score (nSPS) is 10.3. The van der Waals surface area contributed by atoms with Gasteiger partial charge >= 0.3 is 0 Å². The van der Waals surface area contributed by atoms with Gasteiger partial charge in [-0.05, 0) is 18.2 Å². The maximum absolute atomic E-state index is 5.85. The topological polar surface area (TPSA) is 35.0 Å². The van der Waals surface area contributed by atoms with Crippen molar-refractivity contribution in [3.63, 3.8) is 0 Å². The largest absolute Gasteiger partial charge is 0.437 e. The van der Waals surface area contributed by atoms with E-state index in [4.69, 9.17) is 39.5 Å². The Labute approximate surface area is 113 Å². The van der Waals surface area contributed by atoms with E-state index in [9.17, 15) is 0 Å². The minimum atomic E-state index is 0.278. The second-order valence-electron chi connectivity index (χ2n) is 3.19. The molecular weight excluding hydrogens is 282 g/mol. The summed E-state index contributed by atoms with van der Waals surface area (Å²) in [6.45, 7) is 0. The Kier molecular flexibility index (Phi) is 4.05. The van der Waals surface area contributed by atoms with Crippen molar-refractivity contribution in [3.05, 3.63) is 46.3 Å². The fourth-order valence-electron chi connectivity index (χ4n) is 1.21. The number of benzene rings is 1. The Morgan fingerprint density at radius 3 is 2.41 bits per heavy atom. The first-order chi connectivity index (χ1) is 8.17. The lowest BCUT2D eigenvalue weighted by molar-refractivity contribution is 0.458. The van der Waals surface area contributed by atoms with E-state index in [-0.39, 0.29) is 5.88 Å². The molecule has 17 heavy (non-hydrogen) atoms. The van der Waals surface area contributed by atoms with Gasteiger partial charge in [-0.1, -0.05) is 23.2 Å². The summed E-state index contributed by atoms with van der Waals surface area (Å²) in [5.74, 6) is 1.13. The van der Waals surface area contributed by atoms with Crippen LogP contribution in [0.4, 0.5) is 0 Å². The zero-order chi connectivity index (χ0) is 12.3. The molecule has 0 aliphatic carbocycles. The maximum Gasteiger partial charge on any atom is 0.238 e. The summed E-state index contributed by atoms with van der Waals surface area (Å²) in [4.78, 5) is 8.10. The number of nitrogens with zero attached hydrogens (tertiary/aromatic N) is 2. The molecule has 0 radical (unpaired) electrons. The molecule has 0 spiro atoms. The lowest BCUT2D eigenvalue weighted by Gasteiger charge is -2.06. The third-order valence-corrected chi connectivity index (χ3v) is 2.57. The molecule has 0 saturated carbocycles. The second kappa shape index (κ2) is 5.54. The van der Waals surface area contributed by atoms with Gasteiger partial charge in [0.1, 0.15) is 5.75 Å². The molecule has 2 aromatic rings. The highest BCUT2D eigenvalue weighted by molar-refractivity contribution is 6.34. The van der Waals surface area contributed by atoms with E-state index >= 15 is 0 Å². The maximum atomic E-state index is 5.85. The third-order valence-electron chi connectivity index (χ3n) is 1.86. The molecule has 6 heteroatoms. The lowest BCUT2D eigenvalue weighted by atomic mass is 10.3. The highest BCUT2D eigenvalue weighted by Crippen LogP contribution is 2.27. The van der Waals surface area contributed by atoms with Gasteiger partial charge in [0.2, 0.25) is 5.88 Å². The summed E-state index contributed by atoms with van der Waals surface area (Å²) < 4.78 is 5.48. The molecule has 1 heterocycles. The van der Waals surface area contributed by atoms with Crippen molar-refractivity contribution >= 4 is 34.8 Å². The zero-order valence-corrected chi connectivity index (χ0v) is 10.8. The van der Waals surface area contributed by atoms with Crippen molar-refractivity contribution in [1.82, 2.24) is 9.97 Å². The Morgan fingerprint density at radius 2 is 1.76 bits per heavy atom. The van der Waals surface area contributed by atoms with Crippen molar-refractivity contribution in [2.45, 2.75) is 5.88 Å². The molecule has 0 amide bonds. The number of rotatable bonds is 3. The van der Waals surface area contributed by atoms with Crippen LogP contribution in [-0.4, -0.2) is 9.97 Å². The summed E-state index contributed by atoms with van der Waals surface area (Å²) >= 11 is 17.4. The molecular formula is C11H7Cl3N2O. The van der Waals surface area contributed by atoms with E-state index in [1.165, 1.54) is 6.20 Å². The second-order valence-corrected chi connectivity index (χ2v) is 4.33. The first-order valence-corrected chi connectivity index (χ1v) is 5.97. The van der Waals surface area contributed by atoms with E-state index in [2.05, 4.69) is 9.97 Å². The SMILES string of the molecule is ClCc1cncc(Oc2cc(Cl)cc(Cl)c2)n1. The number of aromatic nitrogens is 2. The van der Waals surface area contributed by atoms with Gasteiger partial charge in [-0.2, -0.15) is 0 Å². The average Bonchev–Trinajstić information content (AvgIpc) is 2.28. The van der Waals surface area contributed by atoms with Crippen molar-refractivity contribution in [3.8, 4) is 11.6 Å². The highest BCUT2D eigenvalue weighted by atomic mass is 35.5. The molecule has 0 unspecified atom stereocenters. The summed E-state index contributed by atoms with van der Waals surface area (Å²) in [6, 6.07) is 4.90. The van der Waals surface area contributed by atoms with E-state index in [1.807, 2.05) is 0 Å². The minimum Gasteiger partial charge on any atom is -0.437 e. The van der Waals surface area contributed by atoms with Gasteiger partial charge in [0.05, 0.1) is 17.8 Å². The number of ether oxygens (including phenoxy) is 1. The van der Waals surface area contributed by atoms with Crippen LogP contribution in [0.5, 0.6) is 11.6 Å². The van der Waals surface area contributed by atoms with Crippen LogP contribution in [-0.2, 0) is 5.88 Å². The third kappa shape index (κ3) is 3.46. The van der Waals surface area contributed by atoms with Crippen LogP contribution in [0.2, 0.25) is 10.0 Å². The molecule has 0 aliphatic heterocycles. The molecule has 0 aliphatic rings. The van der Waals surface area contributed by atoms with Gasteiger partial charge in [-0.15, -0.1) is 11.6 Å². The molecule has 88 valence electrons. The molecule has 1 aromatic heterocycles. The van der Waals surface area contributed by atoms with E-state index < -0.39 is 0 Å². The minimum absolute atomic E-state index is 0.278. The van der Waals surface area contributed by atoms with Crippen molar-refractivity contribution < 1.29 is 4.74 Å². The molecule has 0 N–H and O–H groups in total. The van der Waals surface area contributed by atoms with Crippen LogP contribution in [0.25, 0.3) is 0 Å². The number of halogens is 3. The average molecular weight is 290 g/mol. The first kappa shape index (κ1) is 12.4. The summed E-state index contributed by atoms with van der Waals surface area (Å²) in [7, 11) is 0. The molecule has 0 bridgehead atoms. The van der Waals surface area contributed by atoms with Crippen LogP contribution in [0, 0.1) is 0 Å². The summed E-state index contributed by atoms with van der Waals surface area (Å²) in [5.41, 5.74) is 0.636. The molecule has 0 fully saturated rings. The Morgan fingerprint density at radius 1 is 1.06 bits per heavy atom. The predicted molar refractivity (Wildman–Crippen MR) is 68.1 cm³/mol. The predicted octanol–water partition coefficient (Wildman–Crippen LogP) is 4.31. The Balaban J connectivity index is 2.24. The Bertz CT molecular complexity index is 514. The van der Waals surface area contributed by atoms with Crippen LogP contribution in [0.15, 0.2) is 30.6 Å². The van der Waals surface area contributed by atoms with Gasteiger partial charge in [0.25, 0.3) is 0 Å².